The second-order valence-corrected chi connectivity index (χ2v) is 6.53. The zero-order chi connectivity index (χ0) is 14.5. The molecule has 0 aliphatic carbocycles. The van der Waals surface area contributed by atoms with E-state index in [1.54, 1.807) is 18.0 Å². The number of nitrogens with zero attached hydrogens (tertiary/aromatic N) is 2. The summed E-state index contributed by atoms with van der Waals surface area (Å²) in [7, 11) is 0. The van der Waals surface area contributed by atoms with Crippen LogP contribution in [0.25, 0.3) is 0 Å². The minimum Gasteiger partial charge on any atom is -0.354 e. The Hall–Kier alpha value is -1.07. The summed E-state index contributed by atoms with van der Waals surface area (Å²) >= 11 is 5.19. The summed E-state index contributed by atoms with van der Waals surface area (Å²) < 4.78 is 0.922. The average Bonchev–Trinajstić information content (AvgIpc) is 2.43. The first-order chi connectivity index (χ1) is 9.60. The van der Waals surface area contributed by atoms with Crippen molar-refractivity contribution >= 4 is 33.6 Å². The molecule has 0 unspecified atom stereocenters. The molecule has 20 heavy (non-hydrogen) atoms. The minimum atomic E-state index is 0.683. The number of rotatable bonds is 5. The highest BCUT2D eigenvalue weighted by molar-refractivity contribution is 9.10. The number of aromatic nitrogens is 2. The quantitative estimate of drug-likeness (QED) is 0.783. The fourth-order valence-electron chi connectivity index (χ4n) is 1.67. The third kappa shape index (κ3) is 3.96. The minimum absolute atomic E-state index is 0.683. The van der Waals surface area contributed by atoms with Crippen LogP contribution in [0, 0.1) is 13.8 Å². The van der Waals surface area contributed by atoms with Crippen molar-refractivity contribution in [2.75, 3.05) is 11.9 Å². The van der Waals surface area contributed by atoms with Gasteiger partial charge in [-0.2, -0.15) is 0 Å². The maximum atomic E-state index is 4.57. The van der Waals surface area contributed by atoms with Gasteiger partial charge in [-0.25, -0.2) is 9.97 Å². The third-order valence-corrected chi connectivity index (χ3v) is 4.80. The van der Waals surface area contributed by atoms with Gasteiger partial charge in [0.1, 0.15) is 5.03 Å². The van der Waals surface area contributed by atoms with Gasteiger partial charge in [0, 0.05) is 17.6 Å². The summed E-state index contributed by atoms with van der Waals surface area (Å²) in [5.74, 6) is 0.683. The molecule has 0 fully saturated rings. The van der Waals surface area contributed by atoms with Crippen LogP contribution >= 0.6 is 27.7 Å². The molecule has 3 nitrogen and oxygen atoms in total. The van der Waals surface area contributed by atoms with Gasteiger partial charge in [0.2, 0.25) is 5.95 Å². The summed E-state index contributed by atoms with van der Waals surface area (Å²) in [6.07, 6.45) is 2.86. The van der Waals surface area contributed by atoms with Gasteiger partial charge < -0.3 is 5.32 Å². The van der Waals surface area contributed by atoms with E-state index in [-0.39, 0.29) is 0 Å². The summed E-state index contributed by atoms with van der Waals surface area (Å²) in [4.78, 5) is 10.1. The summed E-state index contributed by atoms with van der Waals surface area (Å²) in [5, 5.41) is 4.15. The van der Waals surface area contributed by atoms with Crippen LogP contribution in [0.1, 0.15) is 24.5 Å². The Bertz CT molecular complexity index is 602. The SMILES string of the molecule is CCCNc1ncc(Br)c(Sc2cc(C)ccc2C)n1. The molecule has 5 heteroatoms. The lowest BCUT2D eigenvalue weighted by Gasteiger charge is -2.09. The normalized spacial score (nSPS) is 10.6. The van der Waals surface area contributed by atoms with E-state index >= 15 is 0 Å². The molecule has 0 saturated carbocycles. The summed E-state index contributed by atoms with van der Waals surface area (Å²) in [6.45, 7) is 7.23. The predicted octanol–water partition coefficient (Wildman–Crippen LogP) is 4.83. The van der Waals surface area contributed by atoms with Crippen molar-refractivity contribution in [3.63, 3.8) is 0 Å². The number of hydrogen-bond donors (Lipinski definition) is 1. The monoisotopic (exact) mass is 351 g/mol. The molecule has 2 aromatic rings. The zero-order valence-electron chi connectivity index (χ0n) is 11.9. The van der Waals surface area contributed by atoms with E-state index in [2.05, 4.69) is 70.2 Å². The molecule has 2 rings (SSSR count). The summed E-state index contributed by atoms with van der Waals surface area (Å²) in [6, 6.07) is 6.46. The Morgan fingerprint density at radius 2 is 2.10 bits per heavy atom. The van der Waals surface area contributed by atoms with Gasteiger partial charge >= 0.3 is 0 Å². The highest BCUT2D eigenvalue weighted by Gasteiger charge is 2.09. The van der Waals surface area contributed by atoms with Gasteiger partial charge in [-0.15, -0.1) is 0 Å². The second kappa shape index (κ2) is 7.09. The molecule has 1 aromatic heterocycles. The lowest BCUT2D eigenvalue weighted by Crippen LogP contribution is -2.04. The fraction of sp³-hybridized carbons (Fsp3) is 0.333. The maximum Gasteiger partial charge on any atom is 0.223 e. The van der Waals surface area contributed by atoms with Gasteiger partial charge in [-0.3, -0.25) is 0 Å². The van der Waals surface area contributed by atoms with E-state index in [1.807, 2.05) is 0 Å². The lowest BCUT2D eigenvalue weighted by molar-refractivity contribution is 0.930. The molecule has 0 saturated heterocycles. The predicted molar refractivity (Wildman–Crippen MR) is 88.6 cm³/mol. The first kappa shape index (κ1) is 15.3. The molecule has 1 N–H and O–H groups in total. The van der Waals surface area contributed by atoms with Crippen molar-refractivity contribution in [2.45, 2.75) is 37.1 Å². The molecule has 0 radical (unpaired) electrons. The fourth-order valence-corrected chi connectivity index (χ4v) is 3.06. The molecule has 0 atom stereocenters. The Kier molecular flexibility index (Phi) is 5.43. The number of aryl methyl sites for hydroxylation is 2. The third-order valence-electron chi connectivity index (χ3n) is 2.80. The molecular weight excluding hydrogens is 334 g/mol. The van der Waals surface area contributed by atoms with Crippen LogP contribution in [0.3, 0.4) is 0 Å². The van der Waals surface area contributed by atoms with Crippen LogP contribution in [0.4, 0.5) is 5.95 Å². The Labute approximate surface area is 132 Å². The molecule has 1 aromatic carbocycles. The molecule has 106 valence electrons. The molecule has 0 aliphatic heterocycles. The number of nitrogens with one attached hydrogen (secondary N) is 1. The van der Waals surface area contributed by atoms with E-state index < -0.39 is 0 Å². The molecule has 1 heterocycles. The second-order valence-electron chi connectivity index (χ2n) is 4.64. The summed E-state index contributed by atoms with van der Waals surface area (Å²) in [5.41, 5.74) is 2.52. The Balaban J connectivity index is 2.25. The largest absolute Gasteiger partial charge is 0.354 e. The average molecular weight is 352 g/mol. The molecular formula is C15H18BrN3S. The first-order valence-electron chi connectivity index (χ1n) is 6.61. The maximum absolute atomic E-state index is 4.57. The van der Waals surface area contributed by atoms with Crippen molar-refractivity contribution in [1.29, 1.82) is 0 Å². The van der Waals surface area contributed by atoms with E-state index in [1.165, 1.54) is 16.0 Å². The van der Waals surface area contributed by atoms with Crippen molar-refractivity contribution in [3.8, 4) is 0 Å². The van der Waals surface area contributed by atoms with E-state index in [0.717, 1.165) is 22.5 Å². The number of halogens is 1. The van der Waals surface area contributed by atoms with Gasteiger partial charge in [-0.1, -0.05) is 30.8 Å². The van der Waals surface area contributed by atoms with Crippen molar-refractivity contribution in [3.05, 3.63) is 40.0 Å². The molecule has 0 amide bonds. The first-order valence-corrected chi connectivity index (χ1v) is 8.22. The smallest absolute Gasteiger partial charge is 0.223 e. The topological polar surface area (TPSA) is 37.8 Å². The van der Waals surface area contributed by atoms with Gasteiger partial charge in [-0.05, 0) is 53.4 Å². The highest BCUT2D eigenvalue weighted by Crippen LogP contribution is 2.34. The van der Waals surface area contributed by atoms with E-state index in [4.69, 9.17) is 0 Å². The molecule has 0 spiro atoms. The van der Waals surface area contributed by atoms with E-state index in [9.17, 15) is 0 Å². The van der Waals surface area contributed by atoms with Crippen LogP contribution in [-0.2, 0) is 0 Å². The zero-order valence-corrected chi connectivity index (χ0v) is 14.3. The number of hydrogen-bond acceptors (Lipinski definition) is 4. The van der Waals surface area contributed by atoms with Gasteiger partial charge in [0.15, 0.2) is 0 Å². The van der Waals surface area contributed by atoms with Crippen LogP contribution in [0.15, 0.2) is 38.8 Å². The Morgan fingerprint density at radius 3 is 2.85 bits per heavy atom. The Morgan fingerprint density at radius 1 is 1.30 bits per heavy atom. The van der Waals surface area contributed by atoms with Crippen LogP contribution in [-0.4, -0.2) is 16.5 Å². The standard InChI is InChI=1S/C15H18BrN3S/c1-4-7-17-15-18-9-12(16)14(19-15)20-13-8-10(2)5-6-11(13)3/h5-6,8-9H,4,7H2,1-3H3,(H,17,18,19). The number of benzene rings is 1. The molecule has 0 aliphatic rings. The lowest BCUT2D eigenvalue weighted by atomic mass is 10.2. The van der Waals surface area contributed by atoms with Crippen molar-refractivity contribution in [2.24, 2.45) is 0 Å². The van der Waals surface area contributed by atoms with Gasteiger partial charge in [0.05, 0.1) is 4.47 Å². The number of anilines is 1. The van der Waals surface area contributed by atoms with Gasteiger partial charge in [0.25, 0.3) is 0 Å². The van der Waals surface area contributed by atoms with Crippen molar-refractivity contribution in [1.82, 2.24) is 9.97 Å². The van der Waals surface area contributed by atoms with Crippen LogP contribution in [0.5, 0.6) is 0 Å². The molecule has 0 bridgehead atoms. The van der Waals surface area contributed by atoms with E-state index in [0.29, 0.717) is 5.95 Å². The van der Waals surface area contributed by atoms with Crippen LogP contribution in [0.2, 0.25) is 0 Å². The van der Waals surface area contributed by atoms with Crippen molar-refractivity contribution < 1.29 is 0 Å². The van der Waals surface area contributed by atoms with Crippen LogP contribution < -0.4 is 5.32 Å². The highest BCUT2D eigenvalue weighted by atomic mass is 79.9.